The highest BCUT2D eigenvalue weighted by molar-refractivity contribution is 9.10. The molecule has 0 fully saturated rings. The van der Waals surface area contributed by atoms with Gasteiger partial charge in [-0.2, -0.15) is 0 Å². The van der Waals surface area contributed by atoms with Crippen LogP contribution in [0.4, 0.5) is 17.1 Å². The number of terminal acetylenes is 1. The van der Waals surface area contributed by atoms with Crippen LogP contribution in [0.3, 0.4) is 0 Å². The largest absolute Gasteiger partial charge is 0.311 e. The van der Waals surface area contributed by atoms with Gasteiger partial charge in [-0.25, -0.2) is 0 Å². The third-order valence-electron chi connectivity index (χ3n) is 3.57. The van der Waals surface area contributed by atoms with Crippen molar-refractivity contribution in [3.63, 3.8) is 0 Å². The van der Waals surface area contributed by atoms with Crippen molar-refractivity contribution in [2.24, 2.45) is 0 Å². The first-order valence-corrected chi connectivity index (χ1v) is 9.14. The molecule has 3 aromatic rings. The van der Waals surface area contributed by atoms with E-state index in [2.05, 4.69) is 78.8 Å². The minimum Gasteiger partial charge on any atom is -0.311 e. The lowest BCUT2D eigenvalue weighted by atomic mass is 10.1. The average molecular weight is 451 g/mol. The second-order valence-electron chi connectivity index (χ2n) is 5.23. The molecule has 3 heteroatoms. The fourth-order valence-electron chi connectivity index (χ4n) is 2.43. The first kappa shape index (κ1) is 17.4. The summed E-state index contributed by atoms with van der Waals surface area (Å²) in [4.78, 5) is 2.19. The van der Waals surface area contributed by atoms with E-state index in [4.69, 9.17) is 6.42 Å². The van der Waals surface area contributed by atoms with Gasteiger partial charge in [-0.15, -0.1) is 6.42 Å². The van der Waals surface area contributed by atoms with Crippen LogP contribution in [0.15, 0.2) is 81.7 Å². The van der Waals surface area contributed by atoms with Gasteiger partial charge in [0, 0.05) is 31.6 Å². The lowest BCUT2D eigenvalue weighted by Crippen LogP contribution is -2.09. The van der Waals surface area contributed by atoms with E-state index in [1.807, 2.05) is 48.5 Å². The maximum absolute atomic E-state index is 5.19. The standard InChI is InChI=1S/C22H13Br2N/c1-2-3-4-17-5-11-20(12-6-17)25(21-13-7-18(23)8-14-21)22-15-9-19(24)10-16-22/h1,5-16H. The predicted molar refractivity (Wildman–Crippen MR) is 112 cm³/mol. The number of hydrogen-bond acceptors (Lipinski definition) is 1. The van der Waals surface area contributed by atoms with Crippen molar-refractivity contribution < 1.29 is 0 Å². The van der Waals surface area contributed by atoms with E-state index in [0.717, 1.165) is 31.6 Å². The highest BCUT2D eigenvalue weighted by Crippen LogP contribution is 2.35. The minimum atomic E-state index is 0.897. The third-order valence-corrected chi connectivity index (χ3v) is 4.63. The second-order valence-corrected chi connectivity index (χ2v) is 7.06. The summed E-state index contributed by atoms with van der Waals surface area (Å²) in [6.45, 7) is 0. The second kappa shape index (κ2) is 8.08. The molecule has 0 spiro atoms. The molecular weight excluding hydrogens is 438 g/mol. The molecule has 3 rings (SSSR count). The monoisotopic (exact) mass is 449 g/mol. The maximum Gasteiger partial charge on any atom is 0.0462 e. The first-order chi connectivity index (χ1) is 12.2. The van der Waals surface area contributed by atoms with Crippen molar-refractivity contribution in [2.45, 2.75) is 0 Å². The first-order valence-electron chi connectivity index (χ1n) is 7.55. The number of benzene rings is 3. The summed E-state index contributed by atoms with van der Waals surface area (Å²) in [5.41, 5.74) is 4.10. The smallest absolute Gasteiger partial charge is 0.0462 e. The van der Waals surface area contributed by atoms with Crippen LogP contribution in [0.1, 0.15) is 5.56 Å². The molecular formula is C22H13Br2N. The number of hydrogen-bond donors (Lipinski definition) is 0. The van der Waals surface area contributed by atoms with E-state index in [9.17, 15) is 0 Å². The molecule has 0 saturated heterocycles. The van der Waals surface area contributed by atoms with E-state index in [1.165, 1.54) is 0 Å². The Morgan fingerprint density at radius 2 is 1.04 bits per heavy atom. The number of halogens is 2. The number of rotatable bonds is 3. The normalized spacial score (nSPS) is 9.64. The van der Waals surface area contributed by atoms with E-state index >= 15 is 0 Å². The summed E-state index contributed by atoms with van der Waals surface area (Å²) in [5, 5.41) is 0. The third kappa shape index (κ3) is 4.34. The van der Waals surface area contributed by atoms with Crippen LogP contribution in [0.5, 0.6) is 0 Å². The zero-order chi connectivity index (χ0) is 17.6. The topological polar surface area (TPSA) is 3.24 Å². The molecule has 120 valence electrons. The number of anilines is 3. The predicted octanol–water partition coefficient (Wildman–Crippen LogP) is 6.67. The van der Waals surface area contributed by atoms with Crippen molar-refractivity contribution >= 4 is 48.9 Å². The fraction of sp³-hybridized carbons (Fsp3) is 0. The van der Waals surface area contributed by atoms with E-state index in [-0.39, 0.29) is 0 Å². The van der Waals surface area contributed by atoms with Gasteiger partial charge in [0.25, 0.3) is 0 Å². The molecule has 3 aromatic carbocycles. The lowest BCUT2D eigenvalue weighted by Gasteiger charge is -2.25. The van der Waals surface area contributed by atoms with Crippen molar-refractivity contribution in [2.75, 3.05) is 4.90 Å². The molecule has 0 N–H and O–H groups in total. The Morgan fingerprint density at radius 3 is 1.44 bits per heavy atom. The van der Waals surface area contributed by atoms with E-state index in [0.29, 0.717) is 0 Å². The lowest BCUT2D eigenvalue weighted by molar-refractivity contribution is 1.28. The number of nitrogens with zero attached hydrogens (tertiary/aromatic N) is 1. The Balaban J connectivity index is 2.06. The minimum absolute atomic E-state index is 0.897. The zero-order valence-electron chi connectivity index (χ0n) is 13.2. The van der Waals surface area contributed by atoms with Gasteiger partial charge in [0.15, 0.2) is 0 Å². The highest BCUT2D eigenvalue weighted by Gasteiger charge is 2.12. The molecule has 0 atom stereocenters. The van der Waals surface area contributed by atoms with Crippen molar-refractivity contribution in [1.82, 2.24) is 0 Å². The Labute approximate surface area is 164 Å². The van der Waals surface area contributed by atoms with Crippen molar-refractivity contribution in [3.8, 4) is 24.2 Å². The molecule has 0 aliphatic carbocycles. The Hall–Kier alpha value is -2.46. The summed E-state index contributed by atoms with van der Waals surface area (Å²) in [7, 11) is 0. The molecule has 0 radical (unpaired) electrons. The molecule has 0 aromatic heterocycles. The average Bonchev–Trinajstić information content (AvgIpc) is 2.64. The van der Waals surface area contributed by atoms with Gasteiger partial charge >= 0.3 is 0 Å². The van der Waals surface area contributed by atoms with Crippen LogP contribution in [-0.2, 0) is 0 Å². The van der Waals surface area contributed by atoms with Crippen LogP contribution in [0.25, 0.3) is 0 Å². The van der Waals surface area contributed by atoms with Gasteiger partial charge in [-0.05, 0) is 84.6 Å². The highest BCUT2D eigenvalue weighted by atomic mass is 79.9. The summed E-state index contributed by atoms with van der Waals surface area (Å²) >= 11 is 6.99. The molecule has 0 bridgehead atoms. The molecule has 0 unspecified atom stereocenters. The fourth-order valence-corrected chi connectivity index (χ4v) is 2.96. The van der Waals surface area contributed by atoms with Crippen molar-refractivity contribution in [3.05, 3.63) is 87.3 Å². The van der Waals surface area contributed by atoms with Crippen molar-refractivity contribution in [1.29, 1.82) is 0 Å². The van der Waals surface area contributed by atoms with Gasteiger partial charge in [0.1, 0.15) is 0 Å². The molecule has 25 heavy (non-hydrogen) atoms. The summed E-state index contributed by atoms with van der Waals surface area (Å²) in [5.74, 6) is 7.92. The molecule has 1 nitrogen and oxygen atoms in total. The Kier molecular flexibility index (Phi) is 5.61. The van der Waals surface area contributed by atoms with Gasteiger partial charge in [0.05, 0.1) is 0 Å². The van der Waals surface area contributed by atoms with Crippen LogP contribution < -0.4 is 4.90 Å². The quantitative estimate of drug-likeness (QED) is 0.403. The van der Waals surface area contributed by atoms with E-state index in [1.54, 1.807) is 0 Å². The SMILES string of the molecule is C#CC#Cc1ccc(N(c2ccc(Br)cc2)c2ccc(Br)cc2)cc1. The Morgan fingerprint density at radius 1 is 0.640 bits per heavy atom. The van der Waals surface area contributed by atoms with E-state index < -0.39 is 0 Å². The van der Waals surface area contributed by atoms with Crippen LogP contribution in [0, 0.1) is 24.2 Å². The zero-order valence-corrected chi connectivity index (χ0v) is 16.4. The molecule has 0 aliphatic heterocycles. The van der Waals surface area contributed by atoms with Crippen LogP contribution in [0.2, 0.25) is 0 Å². The summed E-state index contributed by atoms with van der Waals surface area (Å²) in [6, 6.07) is 24.5. The molecule has 0 heterocycles. The van der Waals surface area contributed by atoms with Crippen LogP contribution in [-0.4, -0.2) is 0 Å². The van der Waals surface area contributed by atoms with Gasteiger partial charge in [0.2, 0.25) is 0 Å². The van der Waals surface area contributed by atoms with Gasteiger partial charge in [-0.1, -0.05) is 37.8 Å². The van der Waals surface area contributed by atoms with Gasteiger partial charge in [-0.3, -0.25) is 0 Å². The maximum atomic E-state index is 5.19. The Bertz CT molecular complexity index is 909. The van der Waals surface area contributed by atoms with Crippen LogP contribution >= 0.6 is 31.9 Å². The molecule has 0 amide bonds. The molecule has 0 saturated carbocycles. The molecule has 0 aliphatic rings. The summed E-state index contributed by atoms with van der Waals surface area (Å²) in [6.07, 6.45) is 5.19. The summed E-state index contributed by atoms with van der Waals surface area (Å²) < 4.78 is 2.10. The van der Waals surface area contributed by atoms with Gasteiger partial charge < -0.3 is 4.90 Å².